The van der Waals surface area contributed by atoms with Crippen LogP contribution in [0.25, 0.3) is 11.6 Å². The van der Waals surface area contributed by atoms with Crippen molar-refractivity contribution < 1.29 is 0 Å². The van der Waals surface area contributed by atoms with E-state index < -0.39 is 0 Å². The van der Waals surface area contributed by atoms with E-state index in [1.165, 1.54) is 11.1 Å². The van der Waals surface area contributed by atoms with E-state index in [1.54, 1.807) is 0 Å². The van der Waals surface area contributed by atoms with Crippen LogP contribution < -0.4 is 5.73 Å². The minimum atomic E-state index is 0.962. The van der Waals surface area contributed by atoms with Crippen molar-refractivity contribution in [2.24, 2.45) is 5.73 Å². The summed E-state index contributed by atoms with van der Waals surface area (Å²) in [5, 5.41) is 0. The van der Waals surface area contributed by atoms with Gasteiger partial charge >= 0.3 is 0 Å². The Hall–Kier alpha value is -1.76. The van der Waals surface area contributed by atoms with Crippen molar-refractivity contribution in [1.29, 1.82) is 0 Å². The van der Waals surface area contributed by atoms with E-state index in [0.717, 1.165) is 24.1 Å². The third kappa shape index (κ3) is 2.18. The number of nitrogens with two attached hydrogens (primary N) is 1. The van der Waals surface area contributed by atoms with Crippen molar-refractivity contribution >= 4 is 11.6 Å². The Balaban J connectivity index is 2.33. The molecular weight excluding hydrogens is 182 g/mol. The van der Waals surface area contributed by atoms with E-state index in [0.29, 0.717) is 0 Å². The molecule has 2 N–H and O–H groups in total. The zero-order chi connectivity index (χ0) is 10.7. The molecule has 1 aliphatic rings. The normalized spacial score (nSPS) is 15.5. The molecule has 0 unspecified atom stereocenters. The van der Waals surface area contributed by atoms with Crippen molar-refractivity contribution in [3.8, 4) is 0 Å². The molecular formula is C14H15N. The van der Waals surface area contributed by atoms with Crippen LogP contribution in [0.4, 0.5) is 0 Å². The molecule has 0 saturated carbocycles. The summed E-state index contributed by atoms with van der Waals surface area (Å²) in [7, 11) is 0. The van der Waals surface area contributed by atoms with Crippen LogP contribution in [0, 0.1) is 0 Å². The molecule has 0 saturated heterocycles. The van der Waals surface area contributed by atoms with Crippen LogP contribution in [0.3, 0.4) is 0 Å². The summed E-state index contributed by atoms with van der Waals surface area (Å²) in [6.07, 6.45) is 7.98. The lowest BCUT2D eigenvalue weighted by Gasteiger charge is -2.12. The van der Waals surface area contributed by atoms with E-state index in [9.17, 15) is 0 Å². The van der Waals surface area contributed by atoms with Gasteiger partial charge < -0.3 is 5.73 Å². The van der Waals surface area contributed by atoms with Crippen molar-refractivity contribution in [2.45, 2.75) is 12.8 Å². The summed E-state index contributed by atoms with van der Waals surface area (Å²) in [5.41, 5.74) is 10.5. The lowest BCUT2D eigenvalue weighted by molar-refractivity contribution is 0.958. The third-order valence-electron chi connectivity index (χ3n) is 2.67. The Morgan fingerprint density at radius 1 is 1.20 bits per heavy atom. The van der Waals surface area contributed by atoms with Crippen LogP contribution in [-0.2, 0) is 0 Å². The maximum absolute atomic E-state index is 5.73. The highest BCUT2D eigenvalue weighted by Crippen LogP contribution is 2.25. The number of hydrogen-bond acceptors (Lipinski definition) is 1. The van der Waals surface area contributed by atoms with Gasteiger partial charge in [0.2, 0.25) is 0 Å². The topological polar surface area (TPSA) is 26.0 Å². The number of hydrogen-bond donors (Lipinski definition) is 1. The highest BCUT2D eigenvalue weighted by molar-refractivity contribution is 5.70. The van der Waals surface area contributed by atoms with Crippen LogP contribution in [0.5, 0.6) is 0 Å². The van der Waals surface area contributed by atoms with Gasteiger partial charge in [-0.1, -0.05) is 36.9 Å². The summed E-state index contributed by atoms with van der Waals surface area (Å²) < 4.78 is 0. The highest BCUT2D eigenvalue weighted by Gasteiger charge is 2.05. The van der Waals surface area contributed by atoms with Crippen LogP contribution >= 0.6 is 0 Å². The first-order valence-corrected chi connectivity index (χ1v) is 5.17. The molecule has 1 aromatic rings. The molecule has 0 spiro atoms. The minimum absolute atomic E-state index is 0.962. The molecule has 1 nitrogen and oxygen atoms in total. The maximum Gasteiger partial charge on any atom is 0.00839 e. The molecule has 0 bridgehead atoms. The van der Waals surface area contributed by atoms with Crippen LogP contribution in [0.15, 0.2) is 48.7 Å². The molecule has 1 aromatic carbocycles. The Morgan fingerprint density at radius 3 is 2.73 bits per heavy atom. The van der Waals surface area contributed by atoms with Gasteiger partial charge in [-0.15, -0.1) is 0 Å². The Morgan fingerprint density at radius 2 is 2.07 bits per heavy atom. The molecule has 1 aliphatic carbocycles. The molecule has 0 aliphatic heterocycles. The van der Waals surface area contributed by atoms with E-state index >= 15 is 0 Å². The van der Waals surface area contributed by atoms with Gasteiger partial charge in [-0.2, -0.15) is 0 Å². The van der Waals surface area contributed by atoms with E-state index in [2.05, 4.69) is 36.9 Å². The first kappa shape index (κ1) is 9.78. The second kappa shape index (κ2) is 4.18. The molecule has 0 heterocycles. The zero-order valence-electron chi connectivity index (χ0n) is 8.74. The molecule has 0 radical (unpaired) electrons. The third-order valence-corrected chi connectivity index (χ3v) is 2.67. The summed E-state index contributed by atoms with van der Waals surface area (Å²) in [6, 6.07) is 8.42. The summed E-state index contributed by atoms with van der Waals surface area (Å²) in [4.78, 5) is 0. The van der Waals surface area contributed by atoms with Gasteiger partial charge in [-0.3, -0.25) is 0 Å². The molecule has 15 heavy (non-hydrogen) atoms. The molecule has 76 valence electrons. The highest BCUT2D eigenvalue weighted by atomic mass is 14.6. The van der Waals surface area contributed by atoms with Gasteiger partial charge in [0, 0.05) is 5.70 Å². The Kier molecular flexibility index (Phi) is 2.72. The van der Waals surface area contributed by atoms with Crippen molar-refractivity contribution in [2.75, 3.05) is 0 Å². The number of benzene rings is 1. The molecule has 2 rings (SSSR count). The van der Waals surface area contributed by atoms with Gasteiger partial charge in [0.05, 0.1) is 0 Å². The standard InChI is InChI=1S/C14H15N/c1-2-11-4-3-5-13(10-11)12-6-8-14(15)9-7-12/h2-6,8,10H,1,7,9,15H2. The van der Waals surface area contributed by atoms with Gasteiger partial charge in [0.1, 0.15) is 0 Å². The fraction of sp³-hybridized carbons (Fsp3) is 0.143. The fourth-order valence-electron chi connectivity index (χ4n) is 1.76. The molecule has 1 heteroatoms. The summed E-state index contributed by atoms with van der Waals surface area (Å²) >= 11 is 0. The zero-order valence-corrected chi connectivity index (χ0v) is 8.74. The van der Waals surface area contributed by atoms with Crippen molar-refractivity contribution in [1.82, 2.24) is 0 Å². The monoisotopic (exact) mass is 197 g/mol. The second-order valence-corrected chi connectivity index (χ2v) is 3.76. The van der Waals surface area contributed by atoms with Gasteiger partial charge in [-0.05, 0) is 41.7 Å². The molecule has 0 fully saturated rings. The largest absolute Gasteiger partial charge is 0.402 e. The van der Waals surface area contributed by atoms with Crippen molar-refractivity contribution in [3.05, 3.63) is 59.8 Å². The predicted molar refractivity (Wildman–Crippen MR) is 66.0 cm³/mol. The van der Waals surface area contributed by atoms with Crippen LogP contribution in [-0.4, -0.2) is 0 Å². The molecule has 0 amide bonds. The Labute approximate surface area is 90.6 Å². The van der Waals surface area contributed by atoms with Gasteiger partial charge in [0.15, 0.2) is 0 Å². The van der Waals surface area contributed by atoms with Gasteiger partial charge in [-0.25, -0.2) is 0 Å². The average Bonchev–Trinajstić information content (AvgIpc) is 2.30. The van der Waals surface area contributed by atoms with Crippen LogP contribution in [0.1, 0.15) is 24.0 Å². The quantitative estimate of drug-likeness (QED) is 0.773. The number of allylic oxidation sites excluding steroid dienone is 4. The Bertz CT molecular complexity index is 438. The second-order valence-electron chi connectivity index (χ2n) is 3.76. The molecule has 0 atom stereocenters. The SMILES string of the molecule is C=Cc1cccc(C2=CC=C(N)CC2)c1. The first-order valence-electron chi connectivity index (χ1n) is 5.17. The maximum atomic E-state index is 5.73. The summed E-state index contributed by atoms with van der Waals surface area (Å²) in [5.74, 6) is 0. The summed E-state index contributed by atoms with van der Waals surface area (Å²) in [6.45, 7) is 3.78. The van der Waals surface area contributed by atoms with E-state index in [-0.39, 0.29) is 0 Å². The lowest BCUT2D eigenvalue weighted by atomic mass is 9.95. The average molecular weight is 197 g/mol. The van der Waals surface area contributed by atoms with Crippen molar-refractivity contribution in [3.63, 3.8) is 0 Å². The predicted octanol–water partition coefficient (Wildman–Crippen LogP) is 3.35. The molecule has 0 aromatic heterocycles. The fourth-order valence-corrected chi connectivity index (χ4v) is 1.76. The van der Waals surface area contributed by atoms with Gasteiger partial charge in [0.25, 0.3) is 0 Å². The van der Waals surface area contributed by atoms with E-state index in [4.69, 9.17) is 5.73 Å². The first-order chi connectivity index (χ1) is 7.29. The smallest absolute Gasteiger partial charge is 0.00839 e. The van der Waals surface area contributed by atoms with Crippen LogP contribution in [0.2, 0.25) is 0 Å². The number of rotatable bonds is 2. The van der Waals surface area contributed by atoms with E-state index in [1.807, 2.05) is 12.2 Å². The lowest BCUT2D eigenvalue weighted by Crippen LogP contribution is -2.01. The minimum Gasteiger partial charge on any atom is -0.402 e.